The summed E-state index contributed by atoms with van der Waals surface area (Å²) < 4.78 is 3.62. The Morgan fingerprint density at radius 1 is 1.41 bits per heavy atom. The summed E-state index contributed by atoms with van der Waals surface area (Å²) in [7, 11) is 3.83. The second kappa shape index (κ2) is 4.67. The molecule has 0 aliphatic carbocycles. The van der Waals surface area contributed by atoms with Crippen LogP contribution < -0.4 is 5.32 Å². The maximum atomic E-state index is 4.38. The van der Waals surface area contributed by atoms with Crippen LogP contribution in [0.3, 0.4) is 0 Å². The molecule has 1 unspecified atom stereocenters. The smallest absolute Gasteiger partial charge is 0.0799 e. The zero-order valence-corrected chi connectivity index (χ0v) is 10.7. The molecule has 0 aromatic carbocycles. The molecule has 2 aromatic rings. The Hall–Kier alpha value is -1.69. The number of nitrogens with zero attached hydrogens (tertiary/aromatic N) is 5. The first-order valence-corrected chi connectivity index (χ1v) is 5.71. The largest absolute Gasteiger partial charge is 0.305 e. The van der Waals surface area contributed by atoms with Crippen LogP contribution in [0.1, 0.15) is 29.9 Å². The van der Waals surface area contributed by atoms with Crippen LogP contribution in [0.2, 0.25) is 0 Å². The van der Waals surface area contributed by atoms with Gasteiger partial charge in [-0.25, -0.2) is 0 Å². The fourth-order valence-corrected chi connectivity index (χ4v) is 2.04. The van der Waals surface area contributed by atoms with Crippen molar-refractivity contribution < 1.29 is 0 Å². The van der Waals surface area contributed by atoms with E-state index in [-0.39, 0.29) is 6.04 Å². The lowest BCUT2D eigenvalue weighted by atomic mass is 10.1. The highest BCUT2D eigenvalue weighted by Crippen LogP contribution is 2.22. The third-order valence-electron chi connectivity index (χ3n) is 2.82. The molecule has 2 heterocycles. The Balaban J connectivity index is 2.42. The Morgan fingerprint density at radius 3 is 2.65 bits per heavy atom. The zero-order chi connectivity index (χ0) is 12.4. The van der Waals surface area contributed by atoms with Crippen LogP contribution in [0.4, 0.5) is 0 Å². The molecule has 0 aliphatic rings. The molecule has 0 radical (unpaired) electrons. The van der Waals surface area contributed by atoms with Gasteiger partial charge in [0.15, 0.2) is 0 Å². The van der Waals surface area contributed by atoms with Gasteiger partial charge in [-0.1, -0.05) is 12.1 Å². The van der Waals surface area contributed by atoms with Crippen LogP contribution in [-0.2, 0) is 14.1 Å². The second-order valence-corrected chi connectivity index (χ2v) is 4.12. The third-order valence-corrected chi connectivity index (χ3v) is 2.82. The quantitative estimate of drug-likeness (QED) is 0.839. The molecule has 0 bridgehead atoms. The van der Waals surface area contributed by atoms with Crippen LogP contribution in [0, 0.1) is 6.92 Å². The van der Waals surface area contributed by atoms with E-state index in [4.69, 9.17) is 0 Å². The van der Waals surface area contributed by atoms with Crippen molar-refractivity contribution in [3.8, 4) is 0 Å². The summed E-state index contributed by atoms with van der Waals surface area (Å²) in [6.07, 6.45) is 3.83. The Bertz CT molecular complexity index is 498. The lowest BCUT2D eigenvalue weighted by Gasteiger charge is -2.16. The van der Waals surface area contributed by atoms with Crippen molar-refractivity contribution in [2.75, 3.05) is 6.54 Å². The van der Waals surface area contributed by atoms with Gasteiger partial charge in [0.1, 0.15) is 0 Å². The highest BCUT2D eigenvalue weighted by molar-refractivity contribution is 5.27. The van der Waals surface area contributed by atoms with Crippen molar-refractivity contribution in [3.05, 3.63) is 29.3 Å². The third kappa shape index (κ3) is 2.21. The van der Waals surface area contributed by atoms with E-state index in [9.17, 15) is 0 Å². The molecule has 1 atom stereocenters. The second-order valence-electron chi connectivity index (χ2n) is 4.12. The molecule has 17 heavy (non-hydrogen) atoms. The summed E-state index contributed by atoms with van der Waals surface area (Å²) in [5.74, 6) is 0. The first-order valence-electron chi connectivity index (χ1n) is 5.71. The van der Waals surface area contributed by atoms with Gasteiger partial charge in [-0.15, -0.1) is 5.10 Å². The molecule has 6 heteroatoms. The average molecular weight is 234 g/mol. The molecule has 6 nitrogen and oxygen atoms in total. The van der Waals surface area contributed by atoms with Crippen LogP contribution in [0.5, 0.6) is 0 Å². The van der Waals surface area contributed by atoms with Crippen LogP contribution in [0.15, 0.2) is 12.4 Å². The molecular weight excluding hydrogens is 216 g/mol. The molecule has 92 valence electrons. The Morgan fingerprint density at radius 2 is 2.18 bits per heavy atom. The predicted octanol–water partition coefficient (Wildman–Crippen LogP) is 0.556. The number of nitrogens with one attached hydrogen (secondary N) is 1. The van der Waals surface area contributed by atoms with E-state index < -0.39 is 0 Å². The summed E-state index contributed by atoms with van der Waals surface area (Å²) in [4.78, 5) is 0. The summed E-state index contributed by atoms with van der Waals surface area (Å²) in [5, 5.41) is 15.7. The van der Waals surface area contributed by atoms with E-state index in [0.29, 0.717) is 0 Å². The minimum atomic E-state index is 0.0914. The van der Waals surface area contributed by atoms with Gasteiger partial charge in [-0.2, -0.15) is 5.10 Å². The molecule has 1 N–H and O–H groups in total. The van der Waals surface area contributed by atoms with Crippen LogP contribution in [0.25, 0.3) is 0 Å². The van der Waals surface area contributed by atoms with Gasteiger partial charge in [0.2, 0.25) is 0 Å². The summed E-state index contributed by atoms with van der Waals surface area (Å²) in [5.41, 5.74) is 3.24. The summed E-state index contributed by atoms with van der Waals surface area (Å²) >= 11 is 0. The van der Waals surface area contributed by atoms with E-state index in [1.807, 2.05) is 31.9 Å². The van der Waals surface area contributed by atoms with Crippen LogP contribution >= 0.6 is 0 Å². The predicted molar refractivity (Wildman–Crippen MR) is 64.5 cm³/mol. The average Bonchev–Trinajstić information content (AvgIpc) is 2.82. The topological polar surface area (TPSA) is 60.6 Å². The minimum Gasteiger partial charge on any atom is -0.305 e. The minimum absolute atomic E-state index is 0.0914. The van der Waals surface area contributed by atoms with Gasteiger partial charge in [0, 0.05) is 25.9 Å². The van der Waals surface area contributed by atoms with Gasteiger partial charge in [0.05, 0.1) is 23.6 Å². The highest BCUT2D eigenvalue weighted by Gasteiger charge is 2.20. The van der Waals surface area contributed by atoms with Crippen molar-refractivity contribution in [1.82, 2.24) is 30.1 Å². The van der Waals surface area contributed by atoms with Crippen molar-refractivity contribution in [2.24, 2.45) is 14.1 Å². The maximum absolute atomic E-state index is 4.38. The van der Waals surface area contributed by atoms with E-state index in [2.05, 4.69) is 27.7 Å². The van der Waals surface area contributed by atoms with Gasteiger partial charge >= 0.3 is 0 Å². The fraction of sp³-hybridized carbons (Fsp3) is 0.545. The fourth-order valence-electron chi connectivity index (χ4n) is 2.04. The van der Waals surface area contributed by atoms with Gasteiger partial charge in [-0.05, 0) is 13.5 Å². The van der Waals surface area contributed by atoms with E-state index in [0.717, 1.165) is 17.9 Å². The molecule has 0 spiro atoms. The Kier molecular flexibility index (Phi) is 3.23. The lowest BCUT2D eigenvalue weighted by molar-refractivity contribution is 0.566. The molecule has 0 amide bonds. The monoisotopic (exact) mass is 234 g/mol. The maximum Gasteiger partial charge on any atom is 0.0799 e. The van der Waals surface area contributed by atoms with Crippen LogP contribution in [-0.4, -0.2) is 31.3 Å². The highest BCUT2D eigenvalue weighted by atomic mass is 15.4. The van der Waals surface area contributed by atoms with Gasteiger partial charge in [0.25, 0.3) is 0 Å². The van der Waals surface area contributed by atoms with E-state index in [1.165, 1.54) is 5.56 Å². The molecule has 0 saturated carbocycles. The summed E-state index contributed by atoms with van der Waals surface area (Å²) in [6, 6.07) is 0.0914. The lowest BCUT2D eigenvalue weighted by Crippen LogP contribution is -2.24. The Labute approximate surface area is 101 Å². The molecule has 0 saturated heterocycles. The normalized spacial score (nSPS) is 12.9. The SMILES string of the molecule is CCNC(c1cn(C)nc1C)c1cnnn1C. The van der Waals surface area contributed by atoms with Crippen molar-refractivity contribution in [2.45, 2.75) is 19.9 Å². The van der Waals surface area contributed by atoms with Crippen molar-refractivity contribution >= 4 is 0 Å². The van der Waals surface area contributed by atoms with Crippen molar-refractivity contribution in [1.29, 1.82) is 0 Å². The first-order chi connectivity index (χ1) is 8.13. The molecular formula is C11H18N6. The first kappa shape index (κ1) is 11.8. The number of hydrogen-bond donors (Lipinski definition) is 1. The standard InChI is InChI=1S/C11H18N6/c1-5-12-11(10-6-13-15-17(10)4)9-7-16(3)14-8(9)2/h6-7,11-12H,5H2,1-4H3. The number of rotatable bonds is 4. The number of aromatic nitrogens is 5. The van der Waals surface area contributed by atoms with Gasteiger partial charge in [-0.3, -0.25) is 9.36 Å². The van der Waals surface area contributed by atoms with Crippen molar-refractivity contribution in [3.63, 3.8) is 0 Å². The number of hydrogen-bond acceptors (Lipinski definition) is 4. The summed E-state index contributed by atoms with van der Waals surface area (Å²) in [6.45, 7) is 4.98. The number of aryl methyl sites for hydroxylation is 3. The van der Waals surface area contributed by atoms with E-state index in [1.54, 1.807) is 10.9 Å². The van der Waals surface area contributed by atoms with E-state index >= 15 is 0 Å². The molecule has 0 aliphatic heterocycles. The molecule has 0 fully saturated rings. The van der Waals surface area contributed by atoms with Gasteiger partial charge < -0.3 is 5.32 Å². The molecule has 2 aromatic heterocycles. The molecule has 2 rings (SSSR count). The zero-order valence-electron chi connectivity index (χ0n) is 10.7.